The maximum atomic E-state index is 12.4. The summed E-state index contributed by atoms with van der Waals surface area (Å²) in [5.74, 6) is 0. The third-order valence-electron chi connectivity index (χ3n) is 3.16. The summed E-state index contributed by atoms with van der Waals surface area (Å²) < 4.78 is 27.3. The van der Waals surface area contributed by atoms with Crippen LogP contribution in [0.5, 0.6) is 0 Å². The summed E-state index contributed by atoms with van der Waals surface area (Å²) in [6.45, 7) is 1.89. The number of hydrogen-bond acceptors (Lipinski definition) is 3. The maximum absolute atomic E-state index is 12.4. The highest BCUT2D eigenvalue weighted by atomic mass is 32.2. The molecule has 2 aromatic carbocycles. The van der Waals surface area contributed by atoms with Gasteiger partial charge in [0.1, 0.15) is 6.29 Å². The van der Waals surface area contributed by atoms with E-state index in [9.17, 15) is 13.2 Å². The first-order valence-electron chi connectivity index (χ1n) is 6.60. The number of hydrogen-bond donors (Lipinski definition) is 1. The Bertz CT molecular complexity index is 694. The van der Waals surface area contributed by atoms with Crippen molar-refractivity contribution in [3.8, 4) is 0 Å². The minimum Gasteiger partial charge on any atom is -0.303 e. The Labute approximate surface area is 124 Å². The molecule has 0 amide bonds. The van der Waals surface area contributed by atoms with Gasteiger partial charge in [0.2, 0.25) is 10.0 Å². The fourth-order valence-electron chi connectivity index (χ4n) is 2.01. The molecule has 0 aromatic heterocycles. The molecule has 0 fully saturated rings. The SMILES string of the molecule is Cc1ccc(S(=O)(=O)N[C@@H](CC=O)c2ccccc2)cc1. The fraction of sp³-hybridized carbons (Fsp3) is 0.188. The second kappa shape index (κ2) is 6.65. The lowest BCUT2D eigenvalue weighted by Crippen LogP contribution is -2.29. The molecular weight excluding hydrogens is 286 g/mol. The highest BCUT2D eigenvalue weighted by Gasteiger charge is 2.20. The first kappa shape index (κ1) is 15.4. The predicted molar refractivity (Wildman–Crippen MR) is 81.4 cm³/mol. The molecule has 2 rings (SSSR count). The van der Waals surface area contributed by atoms with Gasteiger partial charge in [-0.25, -0.2) is 13.1 Å². The number of carbonyl (C=O) groups is 1. The first-order chi connectivity index (χ1) is 10.0. The molecule has 5 heteroatoms. The molecule has 2 aromatic rings. The van der Waals surface area contributed by atoms with Crippen molar-refractivity contribution in [2.24, 2.45) is 0 Å². The van der Waals surface area contributed by atoms with Crippen LogP contribution < -0.4 is 4.72 Å². The molecule has 0 bridgehead atoms. The minimum atomic E-state index is -3.66. The molecule has 1 N–H and O–H groups in total. The summed E-state index contributed by atoms with van der Waals surface area (Å²) in [6, 6.07) is 15.1. The molecule has 110 valence electrons. The van der Waals surface area contributed by atoms with E-state index in [1.807, 2.05) is 25.1 Å². The summed E-state index contributed by atoms with van der Waals surface area (Å²) in [7, 11) is -3.66. The summed E-state index contributed by atoms with van der Waals surface area (Å²) in [5, 5.41) is 0. The second-order valence-electron chi connectivity index (χ2n) is 4.80. The summed E-state index contributed by atoms with van der Waals surface area (Å²) >= 11 is 0. The minimum absolute atomic E-state index is 0.0924. The molecule has 0 aliphatic carbocycles. The average Bonchev–Trinajstić information content (AvgIpc) is 2.48. The Hall–Kier alpha value is -1.98. The first-order valence-corrected chi connectivity index (χ1v) is 8.09. The molecule has 0 spiro atoms. The van der Waals surface area contributed by atoms with Gasteiger partial charge >= 0.3 is 0 Å². The van der Waals surface area contributed by atoms with Crippen molar-refractivity contribution >= 4 is 16.3 Å². The van der Waals surface area contributed by atoms with Crippen molar-refractivity contribution in [3.63, 3.8) is 0 Å². The third-order valence-corrected chi connectivity index (χ3v) is 4.65. The van der Waals surface area contributed by atoms with Gasteiger partial charge in [-0.3, -0.25) is 0 Å². The van der Waals surface area contributed by atoms with Crippen LogP contribution in [-0.4, -0.2) is 14.7 Å². The van der Waals surface area contributed by atoms with Gasteiger partial charge in [0.25, 0.3) is 0 Å². The van der Waals surface area contributed by atoms with E-state index in [1.165, 1.54) is 0 Å². The maximum Gasteiger partial charge on any atom is 0.241 e. The van der Waals surface area contributed by atoms with E-state index < -0.39 is 16.1 Å². The van der Waals surface area contributed by atoms with Crippen LogP contribution in [0.4, 0.5) is 0 Å². The molecule has 21 heavy (non-hydrogen) atoms. The molecule has 4 nitrogen and oxygen atoms in total. The molecule has 0 heterocycles. The third kappa shape index (κ3) is 4.00. The Morgan fingerprint density at radius 2 is 1.67 bits per heavy atom. The van der Waals surface area contributed by atoms with Crippen LogP contribution in [0.25, 0.3) is 0 Å². The van der Waals surface area contributed by atoms with Crippen molar-refractivity contribution in [2.45, 2.75) is 24.3 Å². The Morgan fingerprint density at radius 1 is 1.05 bits per heavy atom. The Balaban J connectivity index is 2.27. The Kier molecular flexibility index (Phi) is 4.88. The van der Waals surface area contributed by atoms with E-state index in [4.69, 9.17) is 0 Å². The molecule has 1 atom stereocenters. The van der Waals surface area contributed by atoms with Gasteiger partial charge in [-0.2, -0.15) is 0 Å². The van der Waals surface area contributed by atoms with Gasteiger partial charge in [-0.1, -0.05) is 48.0 Å². The average molecular weight is 303 g/mol. The van der Waals surface area contributed by atoms with E-state index in [-0.39, 0.29) is 11.3 Å². The zero-order valence-corrected chi connectivity index (χ0v) is 12.5. The summed E-state index contributed by atoms with van der Waals surface area (Å²) in [5.41, 5.74) is 1.75. The molecule has 0 aliphatic heterocycles. The number of nitrogens with one attached hydrogen (secondary N) is 1. The van der Waals surface area contributed by atoms with Crippen LogP contribution in [-0.2, 0) is 14.8 Å². The molecule has 0 unspecified atom stereocenters. The van der Waals surface area contributed by atoms with Crippen molar-refractivity contribution in [2.75, 3.05) is 0 Å². The van der Waals surface area contributed by atoms with Crippen LogP contribution in [0.2, 0.25) is 0 Å². The second-order valence-corrected chi connectivity index (χ2v) is 6.51. The van der Waals surface area contributed by atoms with Crippen LogP contribution in [0.15, 0.2) is 59.5 Å². The fourth-order valence-corrected chi connectivity index (χ4v) is 3.24. The van der Waals surface area contributed by atoms with E-state index in [1.54, 1.807) is 36.4 Å². The number of aldehydes is 1. The molecule has 0 saturated carbocycles. The van der Waals surface area contributed by atoms with Gasteiger partial charge in [0, 0.05) is 6.42 Å². The van der Waals surface area contributed by atoms with Crippen LogP contribution in [0.1, 0.15) is 23.6 Å². The van der Waals surface area contributed by atoms with Gasteiger partial charge < -0.3 is 4.79 Å². The van der Waals surface area contributed by atoms with Crippen molar-refractivity contribution in [1.82, 2.24) is 4.72 Å². The molecule has 0 aliphatic rings. The largest absolute Gasteiger partial charge is 0.303 e. The molecule has 0 radical (unpaired) electrons. The van der Waals surface area contributed by atoms with E-state index in [0.29, 0.717) is 0 Å². The molecule has 0 saturated heterocycles. The lowest BCUT2D eigenvalue weighted by molar-refractivity contribution is -0.108. The van der Waals surface area contributed by atoms with Crippen molar-refractivity contribution < 1.29 is 13.2 Å². The van der Waals surface area contributed by atoms with E-state index >= 15 is 0 Å². The van der Waals surface area contributed by atoms with Crippen molar-refractivity contribution in [3.05, 3.63) is 65.7 Å². The van der Waals surface area contributed by atoms with Crippen LogP contribution >= 0.6 is 0 Å². The lowest BCUT2D eigenvalue weighted by Gasteiger charge is -2.17. The standard InChI is InChI=1S/C16H17NO3S/c1-13-7-9-15(10-8-13)21(19,20)17-16(11-12-18)14-5-3-2-4-6-14/h2-10,12,16-17H,11H2,1H3/t16-/m0/s1. The number of benzene rings is 2. The summed E-state index contributed by atoms with van der Waals surface area (Å²) in [4.78, 5) is 11.0. The monoisotopic (exact) mass is 303 g/mol. The normalized spacial score (nSPS) is 12.8. The number of aryl methyl sites for hydroxylation is 1. The Morgan fingerprint density at radius 3 is 2.24 bits per heavy atom. The zero-order valence-electron chi connectivity index (χ0n) is 11.7. The predicted octanol–water partition coefficient (Wildman–Crippen LogP) is 2.60. The zero-order chi connectivity index (χ0) is 15.3. The smallest absolute Gasteiger partial charge is 0.241 e. The number of rotatable bonds is 6. The highest BCUT2D eigenvalue weighted by Crippen LogP contribution is 2.19. The van der Waals surface area contributed by atoms with Gasteiger partial charge in [-0.05, 0) is 24.6 Å². The highest BCUT2D eigenvalue weighted by molar-refractivity contribution is 7.89. The number of sulfonamides is 1. The number of carbonyl (C=O) groups excluding carboxylic acids is 1. The van der Waals surface area contributed by atoms with E-state index in [2.05, 4.69) is 4.72 Å². The quantitative estimate of drug-likeness (QED) is 0.834. The topological polar surface area (TPSA) is 63.2 Å². The molecular formula is C16H17NO3S. The van der Waals surface area contributed by atoms with Gasteiger partial charge in [0.15, 0.2) is 0 Å². The lowest BCUT2D eigenvalue weighted by atomic mass is 10.1. The van der Waals surface area contributed by atoms with Gasteiger partial charge in [-0.15, -0.1) is 0 Å². The summed E-state index contributed by atoms with van der Waals surface area (Å²) in [6.07, 6.45) is 0.810. The van der Waals surface area contributed by atoms with Crippen LogP contribution in [0, 0.1) is 6.92 Å². The van der Waals surface area contributed by atoms with E-state index in [0.717, 1.165) is 17.4 Å². The van der Waals surface area contributed by atoms with Crippen molar-refractivity contribution in [1.29, 1.82) is 0 Å². The van der Waals surface area contributed by atoms with Crippen LogP contribution in [0.3, 0.4) is 0 Å². The van der Waals surface area contributed by atoms with Gasteiger partial charge in [0.05, 0.1) is 10.9 Å².